The smallest absolute Gasteiger partial charge is 0.790 e. The summed E-state index contributed by atoms with van der Waals surface area (Å²) in [6.45, 7) is 0. The summed E-state index contributed by atoms with van der Waals surface area (Å²) < 4.78 is 34.7. The molecule has 0 aromatic rings. The standard InChI is InChI=1S/5K.H5O10P3.H2O2/c;;;;;1-11(2,3)9-13(7,8)10-12(4,5)6;1-2/h;;;;;(H,7,8)(H2,1,2,3)(H2,4,5,6);1-2H/q5*+1;;/p-5. The average Bonchev–Trinajstić information content (AvgIpc) is 1.79. The molecule has 0 radical (unpaired) electrons. The Balaban J connectivity index is -0.0000000460. The van der Waals surface area contributed by atoms with Gasteiger partial charge in [0, 0.05) is 0 Å². The van der Waals surface area contributed by atoms with Gasteiger partial charge in [-0.3, -0.25) is 23.7 Å². The minimum Gasteiger partial charge on any atom is -0.790 e. The zero-order chi connectivity index (χ0) is 12.9. The van der Waals surface area contributed by atoms with Crippen molar-refractivity contribution < 1.29 is 314 Å². The summed E-state index contributed by atoms with van der Waals surface area (Å²) in [5.41, 5.74) is 0. The molecule has 0 saturated carbocycles. The Bertz CT molecular complexity index is 289. The molecule has 0 fully saturated rings. The first-order valence-corrected chi connectivity index (χ1v) is 6.77. The van der Waals surface area contributed by atoms with Crippen molar-refractivity contribution in [2.75, 3.05) is 0 Å². The van der Waals surface area contributed by atoms with Crippen LogP contribution in [-0.4, -0.2) is 10.5 Å². The normalized spacial score (nSPS) is 9.75. The van der Waals surface area contributed by atoms with Crippen LogP contribution in [0.25, 0.3) is 0 Å². The van der Waals surface area contributed by atoms with Gasteiger partial charge in [-0.2, -0.15) is 0 Å². The van der Waals surface area contributed by atoms with E-state index in [0.29, 0.717) is 0 Å². The molecule has 0 saturated heterocycles. The first-order chi connectivity index (χ1) is 6.41. The van der Waals surface area contributed by atoms with Gasteiger partial charge in [0.2, 0.25) is 0 Å². The fraction of sp³-hybridized carbons (Fsp3) is 0. The minimum atomic E-state index is -5.97. The molecule has 20 heteroatoms. The fourth-order valence-electron chi connectivity index (χ4n) is 0.260. The van der Waals surface area contributed by atoms with Gasteiger partial charge in [0.05, 0.1) is 15.6 Å². The summed E-state index contributed by atoms with van der Waals surface area (Å²) in [5.74, 6) is 0. The minimum absolute atomic E-state index is 0. The fourth-order valence-corrected chi connectivity index (χ4v) is 2.61. The summed E-state index contributed by atoms with van der Waals surface area (Å²) >= 11 is 0. The van der Waals surface area contributed by atoms with Crippen molar-refractivity contribution in [3.8, 4) is 0 Å². The van der Waals surface area contributed by atoms with Crippen LogP contribution < -0.4 is 281 Å². The maximum Gasteiger partial charge on any atom is 1.00 e. The molecule has 0 bridgehead atoms. The monoisotopic (exact) mass is 482 g/mol. The third kappa shape index (κ3) is 41.0. The Labute approximate surface area is 326 Å². The van der Waals surface area contributed by atoms with E-state index in [1.165, 1.54) is 0 Å². The third-order valence-corrected chi connectivity index (χ3v) is 3.60. The van der Waals surface area contributed by atoms with Gasteiger partial charge in [0.25, 0.3) is 7.82 Å². The summed E-state index contributed by atoms with van der Waals surface area (Å²) in [4.78, 5) is 48.6. The molecule has 2 N–H and O–H groups in total. The van der Waals surface area contributed by atoms with Gasteiger partial charge in [0.15, 0.2) is 0 Å². The molecule has 0 spiro atoms. The molecular formula is H2K5O12P3. The number of hydrogen-bond acceptors (Lipinski definition) is 12. The SMILES string of the molecule is O=P([O-])([O-])OP(=O)([O-])OP(=O)([O-])[O-].OO.[K+].[K+].[K+].[K+].[K+]. The molecule has 12 nitrogen and oxygen atoms in total. The molecule has 94 valence electrons. The van der Waals surface area contributed by atoms with Gasteiger partial charge in [-0.05, 0) is 0 Å². The van der Waals surface area contributed by atoms with Crippen LogP contribution in [-0.2, 0) is 22.3 Å². The van der Waals surface area contributed by atoms with Crippen LogP contribution in [0.4, 0.5) is 0 Å². The van der Waals surface area contributed by atoms with Crippen LogP contribution in [0.3, 0.4) is 0 Å². The zero-order valence-corrected chi connectivity index (χ0v) is 29.6. The molecule has 0 atom stereocenters. The predicted molar refractivity (Wildman–Crippen MR) is 30.2 cm³/mol. The second-order valence-electron chi connectivity index (χ2n) is 1.50. The average molecular weight is 482 g/mol. The van der Waals surface area contributed by atoms with Gasteiger partial charge in [-0.25, -0.2) is 0 Å². The van der Waals surface area contributed by atoms with Crippen molar-refractivity contribution in [2.24, 2.45) is 0 Å². The van der Waals surface area contributed by atoms with Gasteiger partial charge in [-0.1, -0.05) is 0 Å². The molecule has 0 heterocycles. The van der Waals surface area contributed by atoms with E-state index in [9.17, 15) is 38.2 Å². The number of hydrogen-bond donors (Lipinski definition) is 2. The summed E-state index contributed by atoms with van der Waals surface area (Å²) in [6, 6.07) is 0. The molecule has 0 amide bonds. The van der Waals surface area contributed by atoms with Crippen LogP contribution >= 0.6 is 23.5 Å². The molecule has 0 aromatic carbocycles. The topological polar surface area (TPSA) is 225 Å². The Hall–Kier alpha value is 8.51. The van der Waals surface area contributed by atoms with E-state index in [1.54, 1.807) is 0 Å². The van der Waals surface area contributed by atoms with E-state index in [2.05, 4.69) is 8.62 Å². The quantitative estimate of drug-likeness (QED) is 0.165. The van der Waals surface area contributed by atoms with Gasteiger partial charge in [-0.15, -0.1) is 0 Å². The Morgan fingerprint density at radius 3 is 0.850 bits per heavy atom. The van der Waals surface area contributed by atoms with Crippen molar-refractivity contribution in [2.45, 2.75) is 0 Å². The number of rotatable bonds is 4. The third-order valence-electron chi connectivity index (χ3n) is 0.400. The molecule has 0 aliphatic rings. The van der Waals surface area contributed by atoms with Crippen LogP contribution in [0.2, 0.25) is 0 Å². The second-order valence-corrected chi connectivity index (χ2v) is 5.49. The number of phosphoric acid groups is 3. The van der Waals surface area contributed by atoms with Crippen LogP contribution in [0.1, 0.15) is 0 Å². The second kappa shape index (κ2) is 23.8. The Kier molecular flexibility index (Phi) is 55.5. The summed E-state index contributed by atoms with van der Waals surface area (Å²) in [7, 11) is -17.9. The van der Waals surface area contributed by atoms with Crippen molar-refractivity contribution in [3.63, 3.8) is 0 Å². The molecule has 0 aliphatic carbocycles. The van der Waals surface area contributed by atoms with Crippen molar-refractivity contribution in [3.05, 3.63) is 0 Å². The van der Waals surface area contributed by atoms with E-state index in [1.807, 2.05) is 0 Å². The van der Waals surface area contributed by atoms with E-state index in [0.717, 1.165) is 0 Å². The van der Waals surface area contributed by atoms with Crippen molar-refractivity contribution in [1.29, 1.82) is 0 Å². The van der Waals surface area contributed by atoms with Gasteiger partial charge in [0.1, 0.15) is 0 Å². The molecule has 0 unspecified atom stereocenters. The zero-order valence-electron chi connectivity index (χ0n) is 11.3. The van der Waals surface area contributed by atoms with Crippen LogP contribution in [0.15, 0.2) is 0 Å². The van der Waals surface area contributed by atoms with Gasteiger partial charge >= 0.3 is 257 Å². The predicted octanol–water partition coefficient (Wildman–Crippen LogP) is -18.8. The van der Waals surface area contributed by atoms with E-state index < -0.39 is 23.5 Å². The Morgan fingerprint density at radius 2 is 0.750 bits per heavy atom. The molecule has 20 heavy (non-hydrogen) atoms. The molecular weight excluding hydrogens is 480 g/mol. The van der Waals surface area contributed by atoms with Crippen molar-refractivity contribution in [1.82, 2.24) is 0 Å². The molecule has 0 aliphatic heterocycles. The van der Waals surface area contributed by atoms with Crippen LogP contribution in [0.5, 0.6) is 0 Å². The van der Waals surface area contributed by atoms with Crippen molar-refractivity contribution >= 4 is 23.5 Å². The van der Waals surface area contributed by atoms with E-state index in [4.69, 9.17) is 10.5 Å². The summed E-state index contributed by atoms with van der Waals surface area (Å²) in [6.07, 6.45) is 0. The van der Waals surface area contributed by atoms with E-state index >= 15 is 0 Å². The Morgan fingerprint density at radius 1 is 0.600 bits per heavy atom. The molecule has 0 rings (SSSR count). The summed E-state index contributed by atoms with van der Waals surface area (Å²) in [5, 5.41) is 12.0. The van der Waals surface area contributed by atoms with E-state index in [-0.39, 0.29) is 257 Å². The largest absolute Gasteiger partial charge is 1.00 e. The first-order valence-electron chi connectivity index (χ1n) is 2.39. The maximum absolute atomic E-state index is 10.1. The molecule has 0 aromatic heterocycles. The first kappa shape index (κ1) is 46.6. The maximum atomic E-state index is 10.1. The van der Waals surface area contributed by atoms with Crippen LogP contribution in [0, 0.1) is 0 Å². The van der Waals surface area contributed by atoms with Gasteiger partial charge < -0.3 is 33.6 Å².